The first-order valence-corrected chi connectivity index (χ1v) is 4.25. The maximum Gasteiger partial charge on any atom is 0.0720 e. The van der Waals surface area contributed by atoms with Gasteiger partial charge in [-0.3, -0.25) is 0 Å². The molecule has 1 fully saturated rings. The van der Waals surface area contributed by atoms with Gasteiger partial charge in [-0.05, 0) is 25.2 Å². The molecular formula is C9H18O2. The van der Waals surface area contributed by atoms with Crippen molar-refractivity contribution in [2.45, 2.75) is 39.2 Å². The van der Waals surface area contributed by atoms with Gasteiger partial charge >= 0.3 is 0 Å². The van der Waals surface area contributed by atoms with Crippen molar-refractivity contribution in [2.24, 2.45) is 11.3 Å². The molecule has 0 aliphatic heterocycles. The number of aliphatic hydroxyl groups is 2. The monoisotopic (exact) mass is 158 g/mol. The SMILES string of the molecule is CC1(C)CCC(CO)C1(C)O. The summed E-state index contributed by atoms with van der Waals surface area (Å²) in [5.74, 6) is 0.0671. The second kappa shape index (κ2) is 2.46. The number of hydrogen-bond donors (Lipinski definition) is 2. The molecule has 0 bridgehead atoms. The molecule has 1 rings (SSSR count). The Hall–Kier alpha value is -0.0800. The first-order valence-electron chi connectivity index (χ1n) is 4.25. The molecule has 2 heteroatoms. The van der Waals surface area contributed by atoms with Gasteiger partial charge < -0.3 is 10.2 Å². The van der Waals surface area contributed by atoms with Crippen molar-refractivity contribution in [1.29, 1.82) is 0 Å². The summed E-state index contributed by atoms with van der Waals surface area (Å²) >= 11 is 0. The lowest BCUT2D eigenvalue weighted by molar-refractivity contribution is -0.0716. The number of rotatable bonds is 1. The predicted molar refractivity (Wildman–Crippen MR) is 44.2 cm³/mol. The summed E-state index contributed by atoms with van der Waals surface area (Å²) in [6, 6.07) is 0. The number of aliphatic hydroxyl groups excluding tert-OH is 1. The molecule has 11 heavy (non-hydrogen) atoms. The maximum atomic E-state index is 10.0. The van der Waals surface area contributed by atoms with Crippen LogP contribution in [0.1, 0.15) is 33.6 Å². The van der Waals surface area contributed by atoms with E-state index >= 15 is 0 Å². The van der Waals surface area contributed by atoms with Crippen LogP contribution in [0.4, 0.5) is 0 Å². The predicted octanol–water partition coefficient (Wildman–Crippen LogP) is 1.17. The molecule has 0 amide bonds. The normalized spacial score (nSPS) is 42.8. The minimum absolute atomic E-state index is 0.0413. The summed E-state index contributed by atoms with van der Waals surface area (Å²) in [6.07, 6.45) is 1.95. The van der Waals surface area contributed by atoms with E-state index in [0.717, 1.165) is 12.8 Å². The van der Waals surface area contributed by atoms with Crippen LogP contribution in [0.3, 0.4) is 0 Å². The van der Waals surface area contributed by atoms with Gasteiger partial charge in [0.25, 0.3) is 0 Å². The average molecular weight is 158 g/mol. The Bertz CT molecular complexity index is 150. The molecule has 1 aliphatic rings. The zero-order valence-electron chi connectivity index (χ0n) is 7.59. The van der Waals surface area contributed by atoms with Gasteiger partial charge in [-0.25, -0.2) is 0 Å². The fraction of sp³-hybridized carbons (Fsp3) is 1.00. The van der Waals surface area contributed by atoms with Crippen LogP contribution in [0.25, 0.3) is 0 Å². The first-order chi connectivity index (χ1) is 4.92. The second-order valence-corrected chi connectivity index (χ2v) is 4.45. The molecule has 0 spiro atoms. The lowest BCUT2D eigenvalue weighted by atomic mass is 9.76. The largest absolute Gasteiger partial charge is 0.396 e. The molecular weight excluding hydrogens is 140 g/mol. The summed E-state index contributed by atoms with van der Waals surface area (Å²) in [6.45, 7) is 6.06. The van der Waals surface area contributed by atoms with Crippen molar-refractivity contribution in [2.75, 3.05) is 6.61 Å². The van der Waals surface area contributed by atoms with E-state index in [1.54, 1.807) is 0 Å². The number of hydrogen-bond acceptors (Lipinski definition) is 2. The summed E-state index contributed by atoms with van der Waals surface area (Å²) < 4.78 is 0. The van der Waals surface area contributed by atoms with Crippen molar-refractivity contribution in [3.63, 3.8) is 0 Å². The van der Waals surface area contributed by atoms with Gasteiger partial charge in [0.1, 0.15) is 0 Å². The molecule has 66 valence electrons. The van der Waals surface area contributed by atoms with E-state index in [2.05, 4.69) is 13.8 Å². The molecule has 2 atom stereocenters. The van der Waals surface area contributed by atoms with E-state index in [0.29, 0.717) is 0 Å². The van der Waals surface area contributed by atoms with E-state index in [1.807, 2.05) is 6.92 Å². The highest BCUT2D eigenvalue weighted by molar-refractivity contribution is 5.00. The molecule has 1 saturated carbocycles. The molecule has 2 unspecified atom stereocenters. The molecule has 2 nitrogen and oxygen atoms in total. The van der Waals surface area contributed by atoms with Crippen LogP contribution < -0.4 is 0 Å². The van der Waals surface area contributed by atoms with Crippen molar-refractivity contribution < 1.29 is 10.2 Å². The fourth-order valence-corrected chi connectivity index (χ4v) is 1.89. The van der Waals surface area contributed by atoms with E-state index in [1.165, 1.54) is 0 Å². The highest BCUT2D eigenvalue weighted by atomic mass is 16.3. The Morgan fingerprint density at radius 2 is 1.91 bits per heavy atom. The first kappa shape index (κ1) is 9.01. The van der Waals surface area contributed by atoms with Gasteiger partial charge in [0.2, 0.25) is 0 Å². The molecule has 0 aromatic carbocycles. The third-order valence-corrected chi connectivity index (χ3v) is 3.50. The van der Waals surface area contributed by atoms with Crippen LogP contribution in [-0.4, -0.2) is 22.4 Å². The highest BCUT2D eigenvalue weighted by Crippen LogP contribution is 2.48. The molecule has 0 saturated heterocycles. The summed E-state index contributed by atoms with van der Waals surface area (Å²) in [5.41, 5.74) is -0.734. The van der Waals surface area contributed by atoms with Gasteiger partial charge in [0, 0.05) is 12.5 Å². The Labute approximate surface area is 68.2 Å². The van der Waals surface area contributed by atoms with Crippen molar-refractivity contribution in [3.05, 3.63) is 0 Å². The Morgan fingerprint density at radius 3 is 2.09 bits per heavy atom. The Morgan fingerprint density at radius 1 is 1.36 bits per heavy atom. The fourth-order valence-electron chi connectivity index (χ4n) is 1.89. The topological polar surface area (TPSA) is 40.5 Å². The standard InChI is InChI=1S/C9H18O2/c1-8(2)5-4-7(6-10)9(8,3)11/h7,10-11H,4-6H2,1-3H3. The van der Waals surface area contributed by atoms with Gasteiger partial charge in [-0.1, -0.05) is 13.8 Å². The minimum atomic E-state index is -0.693. The van der Waals surface area contributed by atoms with E-state index in [9.17, 15) is 5.11 Å². The van der Waals surface area contributed by atoms with Gasteiger partial charge in [0.15, 0.2) is 0 Å². The van der Waals surface area contributed by atoms with Gasteiger partial charge in [0.05, 0.1) is 5.60 Å². The average Bonchev–Trinajstić information content (AvgIpc) is 2.05. The van der Waals surface area contributed by atoms with E-state index < -0.39 is 5.60 Å². The van der Waals surface area contributed by atoms with Crippen LogP contribution in [0.15, 0.2) is 0 Å². The third-order valence-electron chi connectivity index (χ3n) is 3.50. The molecule has 0 radical (unpaired) electrons. The summed E-state index contributed by atoms with van der Waals surface area (Å²) in [7, 11) is 0. The summed E-state index contributed by atoms with van der Waals surface area (Å²) in [4.78, 5) is 0. The maximum absolute atomic E-state index is 10.0. The molecule has 2 N–H and O–H groups in total. The van der Waals surface area contributed by atoms with Crippen molar-refractivity contribution in [1.82, 2.24) is 0 Å². The quantitative estimate of drug-likeness (QED) is 0.601. The van der Waals surface area contributed by atoms with Gasteiger partial charge in [-0.2, -0.15) is 0 Å². The molecule has 0 heterocycles. The lowest BCUT2D eigenvalue weighted by Gasteiger charge is -2.36. The van der Waals surface area contributed by atoms with E-state index in [4.69, 9.17) is 5.11 Å². The van der Waals surface area contributed by atoms with Crippen LogP contribution >= 0.6 is 0 Å². The van der Waals surface area contributed by atoms with Crippen LogP contribution in [0, 0.1) is 11.3 Å². The van der Waals surface area contributed by atoms with Crippen LogP contribution in [0.5, 0.6) is 0 Å². The summed E-state index contributed by atoms with van der Waals surface area (Å²) in [5, 5.41) is 19.0. The van der Waals surface area contributed by atoms with Crippen molar-refractivity contribution in [3.8, 4) is 0 Å². The third kappa shape index (κ3) is 1.18. The molecule has 0 aromatic rings. The van der Waals surface area contributed by atoms with Gasteiger partial charge in [-0.15, -0.1) is 0 Å². The Kier molecular flexibility index (Phi) is 2.01. The van der Waals surface area contributed by atoms with E-state index in [-0.39, 0.29) is 17.9 Å². The Balaban J connectivity index is 2.81. The zero-order chi connectivity index (χ0) is 8.70. The van der Waals surface area contributed by atoms with Crippen LogP contribution in [0.2, 0.25) is 0 Å². The smallest absolute Gasteiger partial charge is 0.0720 e. The second-order valence-electron chi connectivity index (χ2n) is 4.45. The van der Waals surface area contributed by atoms with Crippen LogP contribution in [-0.2, 0) is 0 Å². The zero-order valence-corrected chi connectivity index (χ0v) is 7.59. The lowest BCUT2D eigenvalue weighted by Crippen LogP contribution is -2.43. The molecule has 1 aliphatic carbocycles. The van der Waals surface area contributed by atoms with Crippen molar-refractivity contribution >= 4 is 0 Å². The molecule has 0 aromatic heterocycles. The highest BCUT2D eigenvalue weighted by Gasteiger charge is 2.50. The minimum Gasteiger partial charge on any atom is -0.396 e.